The van der Waals surface area contributed by atoms with E-state index in [9.17, 15) is 9.18 Å². The minimum atomic E-state index is -0.334. The molecule has 0 saturated carbocycles. The number of carbonyl (C=O) groups is 1. The Morgan fingerprint density at radius 2 is 2.11 bits per heavy atom. The number of rotatable bonds is 8. The molecule has 1 aromatic carbocycles. The van der Waals surface area contributed by atoms with Gasteiger partial charge in [-0.15, -0.1) is 0 Å². The third-order valence-electron chi connectivity index (χ3n) is 2.74. The van der Waals surface area contributed by atoms with Gasteiger partial charge < -0.3 is 15.8 Å². The Morgan fingerprint density at radius 1 is 1.42 bits per heavy atom. The van der Waals surface area contributed by atoms with Crippen LogP contribution in [0.4, 0.5) is 4.39 Å². The molecule has 1 atom stereocenters. The van der Waals surface area contributed by atoms with Crippen LogP contribution in [0.25, 0.3) is 0 Å². The minimum absolute atomic E-state index is 0.00994. The molecule has 0 aromatic heterocycles. The van der Waals surface area contributed by atoms with E-state index in [2.05, 4.69) is 12.2 Å². The molecule has 0 heterocycles. The van der Waals surface area contributed by atoms with Crippen molar-refractivity contribution in [2.45, 2.75) is 32.2 Å². The van der Waals surface area contributed by atoms with Crippen molar-refractivity contribution in [2.75, 3.05) is 13.2 Å². The fourth-order valence-electron chi connectivity index (χ4n) is 1.65. The largest absolute Gasteiger partial charge is 0.484 e. The first kappa shape index (κ1) is 15.4. The number of ether oxygens (including phenoxy) is 1. The predicted molar refractivity (Wildman–Crippen MR) is 72.4 cm³/mol. The second kappa shape index (κ2) is 8.48. The summed E-state index contributed by atoms with van der Waals surface area (Å²) < 4.78 is 17.9. The molecule has 106 valence electrons. The van der Waals surface area contributed by atoms with E-state index in [1.807, 2.05) is 0 Å². The van der Waals surface area contributed by atoms with Gasteiger partial charge in [0.1, 0.15) is 11.6 Å². The highest BCUT2D eigenvalue weighted by Crippen LogP contribution is 2.10. The highest BCUT2D eigenvalue weighted by molar-refractivity contribution is 5.77. The monoisotopic (exact) mass is 268 g/mol. The van der Waals surface area contributed by atoms with Gasteiger partial charge in [-0.3, -0.25) is 4.79 Å². The van der Waals surface area contributed by atoms with Crippen molar-refractivity contribution in [3.05, 3.63) is 30.1 Å². The Hall–Kier alpha value is -1.62. The summed E-state index contributed by atoms with van der Waals surface area (Å²) in [5.74, 6) is -0.0788. The van der Waals surface area contributed by atoms with Gasteiger partial charge in [0.25, 0.3) is 5.91 Å². The van der Waals surface area contributed by atoms with Crippen LogP contribution in [0.3, 0.4) is 0 Å². The van der Waals surface area contributed by atoms with E-state index < -0.39 is 0 Å². The second-order valence-corrected chi connectivity index (χ2v) is 4.38. The van der Waals surface area contributed by atoms with Gasteiger partial charge >= 0.3 is 0 Å². The standard InChI is InChI=1S/C14H21FN2O2/c1-2-3-4-12(9-16)17-14(18)10-19-13-7-5-11(15)6-8-13/h5-8,12H,2-4,9-10,16H2,1H3,(H,17,18). The fraction of sp³-hybridized carbons (Fsp3) is 0.500. The van der Waals surface area contributed by atoms with Crippen LogP contribution in [0.1, 0.15) is 26.2 Å². The molecule has 0 saturated heterocycles. The Morgan fingerprint density at radius 3 is 2.68 bits per heavy atom. The third kappa shape index (κ3) is 6.20. The van der Waals surface area contributed by atoms with Gasteiger partial charge in [0.15, 0.2) is 6.61 Å². The van der Waals surface area contributed by atoms with Crippen molar-refractivity contribution in [3.8, 4) is 5.75 Å². The van der Waals surface area contributed by atoms with Crippen LogP contribution in [-0.2, 0) is 4.79 Å². The van der Waals surface area contributed by atoms with E-state index in [1.54, 1.807) is 0 Å². The van der Waals surface area contributed by atoms with Crippen LogP contribution in [-0.4, -0.2) is 25.1 Å². The first-order valence-electron chi connectivity index (χ1n) is 6.53. The molecule has 0 aliphatic heterocycles. The molecule has 0 bridgehead atoms. The maximum atomic E-state index is 12.7. The van der Waals surface area contributed by atoms with Gasteiger partial charge in [0, 0.05) is 12.6 Å². The van der Waals surface area contributed by atoms with E-state index in [0.29, 0.717) is 12.3 Å². The molecule has 1 unspecified atom stereocenters. The van der Waals surface area contributed by atoms with Crippen LogP contribution >= 0.6 is 0 Å². The molecule has 3 N–H and O–H groups in total. The normalized spacial score (nSPS) is 11.9. The number of nitrogens with two attached hydrogens (primary N) is 1. The van der Waals surface area contributed by atoms with Gasteiger partial charge in [-0.25, -0.2) is 4.39 Å². The van der Waals surface area contributed by atoms with E-state index in [-0.39, 0.29) is 24.4 Å². The summed E-state index contributed by atoms with van der Waals surface area (Å²) in [6.07, 6.45) is 2.97. The Bertz CT molecular complexity index is 382. The first-order valence-corrected chi connectivity index (χ1v) is 6.53. The summed E-state index contributed by atoms with van der Waals surface area (Å²) in [5.41, 5.74) is 5.59. The topological polar surface area (TPSA) is 64.3 Å². The molecule has 4 nitrogen and oxygen atoms in total. The van der Waals surface area contributed by atoms with Gasteiger partial charge in [-0.1, -0.05) is 19.8 Å². The lowest BCUT2D eigenvalue weighted by Gasteiger charge is -2.16. The number of halogens is 1. The van der Waals surface area contributed by atoms with Crippen LogP contribution < -0.4 is 15.8 Å². The van der Waals surface area contributed by atoms with Crippen molar-refractivity contribution in [1.82, 2.24) is 5.32 Å². The molecule has 0 radical (unpaired) electrons. The van der Waals surface area contributed by atoms with Crippen LogP contribution in [0.2, 0.25) is 0 Å². The van der Waals surface area contributed by atoms with Crippen molar-refractivity contribution >= 4 is 5.91 Å². The van der Waals surface area contributed by atoms with E-state index >= 15 is 0 Å². The van der Waals surface area contributed by atoms with Crippen molar-refractivity contribution in [3.63, 3.8) is 0 Å². The highest BCUT2D eigenvalue weighted by Gasteiger charge is 2.10. The van der Waals surface area contributed by atoms with Crippen molar-refractivity contribution in [1.29, 1.82) is 0 Å². The van der Waals surface area contributed by atoms with Crippen molar-refractivity contribution in [2.24, 2.45) is 5.73 Å². The number of unbranched alkanes of at least 4 members (excludes halogenated alkanes) is 1. The van der Waals surface area contributed by atoms with Crippen LogP contribution in [0, 0.1) is 5.82 Å². The average Bonchev–Trinajstić information content (AvgIpc) is 2.42. The maximum Gasteiger partial charge on any atom is 0.258 e. The fourth-order valence-corrected chi connectivity index (χ4v) is 1.65. The van der Waals surface area contributed by atoms with Crippen LogP contribution in [0.15, 0.2) is 24.3 Å². The van der Waals surface area contributed by atoms with Crippen LogP contribution in [0.5, 0.6) is 5.75 Å². The molecule has 0 fully saturated rings. The van der Waals surface area contributed by atoms with E-state index in [0.717, 1.165) is 19.3 Å². The van der Waals surface area contributed by atoms with E-state index in [4.69, 9.17) is 10.5 Å². The van der Waals surface area contributed by atoms with Gasteiger partial charge in [0.2, 0.25) is 0 Å². The number of nitrogens with one attached hydrogen (secondary N) is 1. The first-order chi connectivity index (χ1) is 9.15. The quantitative estimate of drug-likeness (QED) is 0.756. The molecule has 19 heavy (non-hydrogen) atoms. The number of benzene rings is 1. The summed E-state index contributed by atoms with van der Waals surface area (Å²) in [6.45, 7) is 2.42. The minimum Gasteiger partial charge on any atom is -0.484 e. The van der Waals surface area contributed by atoms with Gasteiger partial charge in [-0.05, 0) is 30.7 Å². The Labute approximate surface area is 113 Å². The zero-order valence-corrected chi connectivity index (χ0v) is 11.2. The van der Waals surface area contributed by atoms with Crippen molar-refractivity contribution < 1.29 is 13.9 Å². The predicted octanol–water partition coefficient (Wildman–Crippen LogP) is 1.84. The summed E-state index contributed by atoms with van der Waals surface area (Å²) in [5, 5.41) is 2.82. The average molecular weight is 268 g/mol. The summed E-state index contributed by atoms with van der Waals surface area (Å²) in [7, 11) is 0. The lowest BCUT2D eigenvalue weighted by Crippen LogP contribution is -2.42. The SMILES string of the molecule is CCCCC(CN)NC(=O)COc1ccc(F)cc1. The summed E-state index contributed by atoms with van der Waals surface area (Å²) >= 11 is 0. The molecule has 1 amide bonds. The smallest absolute Gasteiger partial charge is 0.258 e. The molecular weight excluding hydrogens is 247 g/mol. The zero-order valence-electron chi connectivity index (χ0n) is 11.2. The molecule has 0 spiro atoms. The summed E-state index contributed by atoms with van der Waals surface area (Å²) in [6, 6.07) is 5.54. The number of carbonyl (C=O) groups excluding carboxylic acids is 1. The molecule has 0 aliphatic rings. The number of amides is 1. The molecule has 0 aliphatic carbocycles. The van der Waals surface area contributed by atoms with Gasteiger partial charge in [0.05, 0.1) is 0 Å². The van der Waals surface area contributed by atoms with Gasteiger partial charge in [-0.2, -0.15) is 0 Å². The molecule has 1 aromatic rings. The number of hydrogen-bond acceptors (Lipinski definition) is 3. The zero-order chi connectivity index (χ0) is 14.1. The molecular formula is C14H21FN2O2. The highest BCUT2D eigenvalue weighted by atomic mass is 19.1. The summed E-state index contributed by atoms with van der Waals surface area (Å²) in [4.78, 5) is 11.7. The second-order valence-electron chi connectivity index (χ2n) is 4.38. The molecule has 1 rings (SSSR count). The molecule has 5 heteroatoms. The lowest BCUT2D eigenvalue weighted by atomic mass is 10.1. The maximum absolute atomic E-state index is 12.7. The Balaban J connectivity index is 2.32. The number of hydrogen-bond donors (Lipinski definition) is 2. The van der Waals surface area contributed by atoms with E-state index in [1.165, 1.54) is 24.3 Å². The third-order valence-corrected chi connectivity index (χ3v) is 2.74. The lowest BCUT2D eigenvalue weighted by molar-refractivity contribution is -0.123. The Kier molecular flexibility index (Phi) is 6.89.